The van der Waals surface area contributed by atoms with Crippen LogP contribution < -0.4 is 0 Å². The van der Waals surface area contributed by atoms with E-state index < -0.39 is 0 Å². The van der Waals surface area contributed by atoms with Crippen molar-refractivity contribution in [3.8, 4) is 0 Å². The van der Waals surface area contributed by atoms with Gasteiger partial charge in [0, 0.05) is 13.0 Å². The third kappa shape index (κ3) is 1.40. The fraction of sp³-hybridized carbons (Fsp3) is 0.733. The molecular weight excluding hydrogens is 242 g/mol. The highest BCUT2D eigenvalue weighted by Crippen LogP contribution is 2.53. The third-order valence-corrected chi connectivity index (χ3v) is 5.56. The molecule has 0 unspecified atom stereocenters. The molecule has 0 bridgehead atoms. The summed E-state index contributed by atoms with van der Waals surface area (Å²) in [6, 6.07) is 0. The zero-order valence-electron chi connectivity index (χ0n) is 11.1. The molecule has 1 aliphatic carbocycles. The second kappa shape index (κ2) is 3.84. The summed E-state index contributed by atoms with van der Waals surface area (Å²) < 4.78 is 5.30. The van der Waals surface area contributed by atoms with E-state index in [1.807, 2.05) is 0 Å². The number of nitrogens with zero attached hydrogens (tertiary/aromatic N) is 1. The van der Waals surface area contributed by atoms with Crippen LogP contribution in [-0.2, 0) is 14.3 Å². The first-order valence-electron chi connectivity index (χ1n) is 7.39. The van der Waals surface area contributed by atoms with E-state index in [4.69, 9.17) is 4.74 Å². The van der Waals surface area contributed by atoms with Crippen molar-refractivity contribution in [2.24, 2.45) is 5.92 Å². The minimum absolute atomic E-state index is 0.0797. The molecule has 19 heavy (non-hydrogen) atoms. The third-order valence-electron chi connectivity index (χ3n) is 5.56. The van der Waals surface area contributed by atoms with Gasteiger partial charge in [0.25, 0.3) is 0 Å². The van der Waals surface area contributed by atoms with Crippen molar-refractivity contribution in [3.05, 3.63) is 11.1 Å². The van der Waals surface area contributed by atoms with Crippen LogP contribution >= 0.6 is 0 Å². The molecule has 102 valence electrons. The summed E-state index contributed by atoms with van der Waals surface area (Å²) >= 11 is 0. The molecule has 4 rings (SSSR count). The summed E-state index contributed by atoms with van der Waals surface area (Å²) in [5.74, 6) is 0.673. The van der Waals surface area contributed by atoms with Gasteiger partial charge in [-0.3, -0.25) is 9.59 Å². The van der Waals surface area contributed by atoms with Crippen LogP contribution in [0.5, 0.6) is 0 Å². The summed E-state index contributed by atoms with van der Waals surface area (Å²) in [5, 5.41) is 0. The van der Waals surface area contributed by atoms with Crippen molar-refractivity contribution in [2.75, 3.05) is 13.2 Å². The van der Waals surface area contributed by atoms with Gasteiger partial charge in [-0.2, -0.15) is 0 Å². The van der Waals surface area contributed by atoms with Crippen molar-refractivity contribution >= 4 is 11.9 Å². The molecule has 3 heterocycles. The van der Waals surface area contributed by atoms with E-state index in [1.54, 1.807) is 0 Å². The number of esters is 1. The van der Waals surface area contributed by atoms with E-state index in [-0.39, 0.29) is 11.5 Å². The maximum Gasteiger partial charge on any atom is 0.310 e. The Kier molecular flexibility index (Phi) is 2.32. The lowest BCUT2D eigenvalue weighted by atomic mass is 9.66. The second-order valence-corrected chi connectivity index (χ2v) is 6.29. The van der Waals surface area contributed by atoms with Gasteiger partial charge < -0.3 is 9.64 Å². The lowest BCUT2D eigenvalue weighted by molar-refractivity contribution is -0.144. The molecular formula is C15H19NO3. The van der Waals surface area contributed by atoms with Gasteiger partial charge in [0.05, 0.1) is 12.0 Å². The minimum atomic E-state index is -0.0970. The maximum atomic E-state index is 12.3. The second-order valence-electron chi connectivity index (χ2n) is 6.29. The fourth-order valence-electron chi connectivity index (χ4n) is 4.79. The molecule has 0 radical (unpaired) electrons. The lowest BCUT2D eigenvalue weighted by Gasteiger charge is -2.51. The summed E-state index contributed by atoms with van der Waals surface area (Å²) in [6.45, 7) is 1.23. The Morgan fingerprint density at radius 3 is 3.05 bits per heavy atom. The van der Waals surface area contributed by atoms with Crippen molar-refractivity contribution in [2.45, 2.75) is 50.5 Å². The Hall–Kier alpha value is -1.32. The standard InChI is InChI=1S/C15H19NO3/c17-13-8-11-3-1-2-5-15(11)12-9-19-14(18)7-10(12)4-6-16(13)15/h11H,1-9H2/t11-,15-/m0/s1. The van der Waals surface area contributed by atoms with Crippen LogP contribution in [-0.4, -0.2) is 35.5 Å². The molecule has 1 amide bonds. The Morgan fingerprint density at radius 1 is 1.26 bits per heavy atom. The molecule has 2 atom stereocenters. The first-order valence-corrected chi connectivity index (χ1v) is 7.39. The van der Waals surface area contributed by atoms with Crippen molar-refractivity contribution in [1.82, 2.24) is 4.90 Å². The molecule has 0 aromatic heterocycles. The molecule has 1 spiro atoms. The predicted octanol–water partition coefficient (Wildman–Crippen LogP) is 1.79. The minimum Gasteiger partial charge on any atom is -0.461 e. The summed E-state index contributed by atoms with van der Waals surface area (Å²) in [4.78, 5) is 25.9. The average Bonchev–Trinajstić information content (AvgIpc) is 2.71. The molecule has 0 aromatic carbocycles. The highest BCUT2D eigenvalue weighted by molar-refractivity contribution is 5.83. The van der Waals surface area contributed by atoms with Crippen LogP contribution in [0.3, 0.4) is 0 Å². The number of hydrogen-bond donors (Lipinski definition) is 0. The van der Waals surface area contributed by atoms with Crippen LogP contribution in [0.2, 0.25) is 0 Å². The van der Waals surface area contributed by atoms with Gasteiger partial charge in [-0.15, -0.1) is 0 Å². The van der Waals surface area contributed by atoms with E-state index in [2.05, 4.69) is 4.90 Å². The zero-order valence-corrected chi connectivity index (χ0v) is 11.1. The topological polar surface area (TPSA) is 46.6 Å². The number of ether oxygens (including phenoxy) is 1. The first-order chi connectivity index (χ1) is 9.22. The van der Waals surface area contributed by atoms with Gasteiger partial charge >= 0.3 is 5.97 Å². The SMILES string of the molecule is O=C1CC2=C(CO1)[C@]13CCCC[C@H]1CC(=O)N3CC2. The van der Waals surface area contributed by atoms with Gasteiger partial charge in [-0.05, 0) is 30.8 Å². The number of carbonyl (C=O) groups excluding carboxylic acids is 2. The van der Waals surface area contributed by atoms with Crippen molar-refractivity contribution < 1.29 is 14.3 Å². The monoisotopic (exact) mass is 261 g/mol. The Labute approximate surface area is 112 Å². The molecule has 4 aliphatic rings. The molecule has 4 heteroatoms. The van der Waals surface area contributed by atoms with Gasteiger partial charge in [-0.1, -0.05) is 18.4 Å². The van der Waals surface area contributed by atoms with Crippen LogP contribution in [0.25, 0.3) is 0 Å². The summed E-state index contributed by atoms with van der Waals surface area (Å²) in [5.41, 5.74) is 2.48. The van der Waals surface area contributed by atoms with Gasteiger partial charge in [0.2, 0.25) is 5.91 Å². The van der Waals surface area contributed by atoms with Crippen molar-refractivity contribution in [1.29, 1.82) is 0 Å². The van der Waals surface area contributed by atoms with Crippen LogP contribution in [0, 0.1) is 5.92 Å². The Morgan fingerprint density at radius 2 is 2.16 bits per heavy atom. The quantitative estimate of drug-likeness (QED) is 0.493. The number of cyclic esters (lactones) is 1. The predicted molar refractivity (Wildman–Crippen MR) is 68.2 cm³/mol. The molecule has 2 fully saturated rings. The van der Waals surface area contributed by atoms with Gasteiger partial charge in [0.15, 0.2) is 0 Å². The lowest BCUT2D eigenvalue weighted by Crippen LogP contribution is -2.56. The summed E-state index contributed by atoms with van der Waals surface area (Å²) in [6.07, 6.45) is 6.65. The Bertz CT molecular complexity index is 496. The fourth-order valence-corrected chi connectivity index (χ4v) is 4.79. The highest BCUT2D eigenvalue weighted by atomic mass is 16.5. The van der Waals surface area contributed by atoms with Crippen LogP contribution in [0.4, 0.5) is 0 Å². The van der Waals surface area contributed by atoms with E-state index in [9.17, 15) is 9.59 Å². The highest BCUT2D eigenvalue weighted by Gasteiger charge is 2.57. The Balaban J connectivity index is 1.84. The normalized spacial score (nSPS) is 37.7. The van der Waals surface area contributed by atoms with E-state index >= 15 is 0 Å². The van der Waals surface area contributed by atoms with Crippen LogP contribution in [0.1, 0.15) is 44.9 Å². The molecule has 1 saturated heterocycles. The summed E-state index contributed by atoms with van der Waals surface area (Å²) in [7, 11) is 0. The van der Waals surface area contributed by atoms with Crippen molar-refractivity contribution in [3.63, 3.8) is 0 Å². The van der Waals surface area contributed by atoms with Crippen LogP contribution in [0.15, 0.2) is 11.1 Å². The average molecular weight is 261 g/mol. The number of hydrogen-bond acceptors (Lipinski definition) is 3. The molecule has 0 N–H and O–H groups in total. The van der Waals surface area contributed by atoms with E-state index in [0.717, 1.165) is 25.8 Å². The van der Waals surface area contributed by atoms with Gasteiger partial charge in [0.1, 0.15) is 6.61 Å². The largest absolute Gasteiger partial charge is 0.461 e. The number of carbonyl (C=O) groups is 2. The molecule has 1 saturated carbocycles. The maximum absolute atomic E-state index is 12.3. The van der Waals surface area contributed by atoms with E-state index in [1.165, 1.54) is 24.0 Å². The van der Waals surface area contributed by atoms with E-state index in [0.29, 0.717) is 31.3 Å². The molecule has 3 aliphatic heterocycles. The first kappa shape index (κ1) is 11.5. The molecule has 4 nitrogen and oxygen atoms in total. The smallest absolute Gasteiger partial charge is 0.310 e. The number of rotatable bonds is 0. The zero-order chi connectivity index (χ0) is 13.0. The molecule has 0 aromatic rings. The number of amides is 1. The van der Waals surface area contributed by atoms with Gasteiger partial charge in [-0.25, -0.2) is 0 Å².